The highest BCUT2D eigenvalue weighted by molar-refractivity contribution is 6.06. The van der Waals surface area contributed by atoms with Gasteiger partial charge in [0.1, 0.15) is 0 Å². The third-order valence-corrected chi connectivity index (χ3v) is 6.46. The van der Waals surface area contributed by atoms with Crippen molar-refractivity contribution < 1.29 is 9.59 Å². The first-order valence-electron chi connectivity index (χ1n) is 12.0. The Labute approximate surface area is 201 Å². The van der Waals surface area contributed by atoms with Gasteiger partial charge >= 0.3 is 0 Å². The number of fused-ring (bicyclic) bond motifs is 1. The highest BCUT2D eigenvalue weighted by atomic mass is 16.2. The van der Waals surface area contributed by atoms with Crippen molar-refractivity contribution in [2.24, 2.45) is 0 Å². The molecule has 7 heteroatoms. The van der Waals surface area contributed by atoms with Gasteiger partial charge in [-0.2, -0.15) is 5.10 Å². The predicted molar refractivity (Wildman–Crippen MR) is 134 cm³/mol. The molecule has 4 rings (SSSR count). The zero-order valence-electron chi connectivity index (χ0n) is 21.3. The van der Waals surface area contributed by atoms with Crippen LogP contribution in [0.15, 0.2) is 30.3 Å². The number of rotatable bonds is 6. The molecule has 1 fully saturated rings. The second-order valence-electron chi connectivity index (χ2n) is 10.6. The van der Waals surface area contributed by atoms with Gasteiger partial charge in [-0.15, -0.1) is 0 Å². The molecule has 1 N–H and O–H groups in total. The molecule has 1 saturated carbocycles. The Morgan fingerprint density at radius 3 is 2.38 bits per heavy atom. The Kier molecular flexibility index (Phi) is 6.23. The molecule has 0 radical (unpaired) electrons. The lowest BCUT2D eigenvalue weighted by Gasteiger charge is -2.21. The standard InChI is InChI=1S/C27H35N5O2/c1-16(2)31(7)26(34)20-10-8-18(9-11-20)15-28-25(33)21-14-22(19-12-13-19)29-24-23(21)17(3)30-32(24)27(4,5)6/h8-11,14,16,19H,12-13,15H2,1-7H3,(H,28,33). The van der Waals surface area contributed by atoms with E-state index in [-0.39, 0.29) is 23.4 Å². The SMILES string of the molecule is Cc1nn(C(C)(C)C)c2nc(C3CC3)cc(C(=O)NCc3ccc(C(=O)N(C)C(C)C)cc3)c12. The Hall–Kier alpha value is -3.22. The van der Waals surface area contributed by atoms with Crippen molar-refractivity contribution in [2.75, 3.05) is 7.05 Å². The van der Waals surface area contributed by atoms with Gasteiger partial charge in [-0.3, -0.25) is 9.59 Å². The van der Waals surface area contributed by atoms with E-state index >= 15 is 0 Å². The molecular formula is C27H35N5O2. The van der Waals surface area contributed by atoms with Crippen LogP contribution in [0.25, 0.3) is 11.0 Å². The fraction of sp³-hybridized carbons (Fsp3) is 0.481. The van der Waals surface area contributed by atoms with Crippen LogP contribution in [0.5, 0.6) is 0 Å². The molecule has 1 aromatic carbocycles. The molecule has 7 nitrogen and oxygen atoms in total. The number of aryl methyl sites for hydroxylation is 1. The molecule has 3 aromatic rings. The van der Waals surface area contributed by atoms with Gasteiger partial charge in [-0.05, 0) is 78.1 Å². The molecule has 0 bridgehead atoms. The van der Waals surface area contributed by atoms with Crippen LogP contribution in [0.1, 0.15) is 91.0 Å². The molecule has 2 amide bonds. The number of amides is 2. The summed E-state index contributed by atoms with van der Waals surface area (Å²) in [6, 6.07) is 9.49. The molecule has 0 saturated heterocycles. The first-order valence-corrected chi connectivity index (χ1v) is 12.0. The van der Waals surface area contributed by atoms with E-state index in [0.29, 0.717) is 23.6 Å². The molecule has 180 valence electrons. The highest BCUT2D eigenvalue weighted by Crippen LogP contribution is 2.41. The average Bonchev–Trinajstić information content (AvgIpc) is 3.58. The van der Waals surface area contributed by atoms with Crippen molar-refractivity contribution in [2.45, 2.75) is 78.4 Å². The summed E-state index contributed by atoms with van der Waals surface area (Å²) in [5.74, 6) is 0.280. The van der Waals surface area contributed by atoms with Gasteiger partial charge in [0.25, 0.3) is 11.8 Å². The van der Waals surface area contributed by atoms with Gasteiger partial charge in [0.15, 0.2) is 5.65 Å². The lowest BCUT2D eigenvalue weighted by molar-refractivity contribution is 0.0754. The molecule has 2 heterocycles. The van der Waals surface area contributed by atoms with Crippen molar-refractivity contribution in [3.05, 3.63) is 58.4 Å². The first kappa shape index (κ1) is 23.9. The number of hydrogen-bond acceptors (Lipinski definition) is 4. The molecule has 0 atom stereocenters. The summed E-state index contributed by atoms with van der Waals surface area (Å²) in [6.07, 6.45) is 2.22. The predicted octanol–water partition coefficient (Wildman–Crippen LogP) is 4.78. The van der Waals surface area contributed by atoms with Gasteiger partial charge in [0, 0.05) is 36.8 Å². The van der Waals surface area contributed by atoms with Gasteiger partial charge in [0.2, 0.25) is 0 Å². The van der Waals surface area contributed by atoms with E-state index in [1.165, 1.54) is 0 Å². The summed E-state index contributed by atoms with van der Waals surface area (Å²) < 4.78 is 1.93. The highest BCUT2D eigenvalue weighted by Gasteiger charge is 2.30. The summed E-state index contributed by atoms with van der Waals surface area (Å²) >= 11 is 0. The minimum Gasteiger partial charge on any atom is -0.348 e. The van der Waals surface area contributed by atoms with Crippen LogP contribution in [-0.4, -0.2) is 44.6 Å². The quantitative estimate of drug-likeness (QED) is 0.573. The number of pyridine rings is 1. The Balaban J connectivity index is 1.58. The normalized spacial score (nSPS) is 14.0. The van der Waals surface area contributed by atoms with Crippen molar-refractivity contribution in [1.29, 1.82) is 0 Å². The number of nitrogens with one attached hydrogen (secondary N) is 1. The Bertz CT molecular complexity index is 1230. The molecule has 2 aromatic heterocycles. The van der Waals surface area contributed by atoms with E-state index in [0.717, 1.165) is 40.8 Å². The number of carbonyl (C=O) groups excluding carboxylic acids is 2. The Morgan fingerprint density at radius 2 is 1.82 bits per heavy atom. The molecule has 0 spiro atoms. The van der Waals surface area contributed by atoms with Crippen molar-refractivity contribution in [3.8, 4) is 0 Å². The lowest BCUT2D eigenvalue weighted by atomic mass is 10.1. The van der Waals surface area contributed by atoms with E-state index < -0.39 is 0 Å². The summed E-state index contributed by atoms with van der Waals surface area (Å²) in [5.41, 5.74) is 4.52. The van der Waals surface area contributed by atoms with E-state index in [9.17, 15) is 9.59 Å². The van der Waals surface area contributed by atoms with Gasteiger partial charge in [-0.25, -0.2) is 9.67 Å². The van der Waals surface area contributed by atoms with Crippen LogP contribution in [0, 0.1) is 6.92 Å². The topological polar surface area (TPSA) is 80.1 Å². The fourth-order valence-corrected chi connectivity index (χ4v) is 4.02. The van der Waals surface area contributed by atoms with Crippen LogP contribution < -0.4 is 5.32 Å². The first-order chi connectivity index (χ1) is 16.0. The van der Waals surface area contributed by atoms with Crippen LogP contribution in [0.2, 0.25) is 0 Å². The molecule has 1 aliphatic rings. The number of nitrogens with zero attached hydrogens (tertiary/aromatic N) is 4. The van der Waals surface area contributed by atoms with Crippen molar-refractivity contribution in [3.63, 3.8) is 0 Å². The van der Waals surface area contributed by atoms with Gasteiger partial charge in [0.05, 0.1) is 22.2 Å². The van der Waals surface area contributed by atoms with Crippen molar-refractivity contribution in [1.82, 2.24) is 25.0 Å². The van der Waals surface area contributed by atoms with Crippen LogP contribution in [-0.2, 0) is 12.1 Å². The summed E-state index contributed by atoms with van der Waals surface area (Å²) in [4.78, 5) is 32.5. The van der Waals surface area contributed by atoms with Crippen molar-refractivity contribution >= 4 is 22.8 Å². The van der Waals surface area contributed by atoms with E-state index in [1.807, 2.05) is 55.8 Å². The minimum atomic E-state index is -0.238. The third-order valence-electron chi connectivity index (χ3n) is 6.46. The molecule has 0 unspecified atom stereocenters. The number of aromatic nitrogens is 3. The maximum absolute atomic E-state index is 13.3. The summed E-state index contributed by atoms with van der Waals surface area (Å²) in [7, 11) is 1.80. The molecule has 34 heavy (non-hydrogen) atoms. The summed E-state index contributed by atoms with van der Waals surface area (Å²) in [5, 5.41) is 8.61. The third kappa shape index (κ3) is 4.69. The zero-order chi connectivity index (χ0) is 24.8. The summed E-state index contributed by atoms with van der Waals surface area (Å²) in [6.45, 7) is 12.6. The fourth-order valence-electron chi connectivity index (χ4n) is 4.02. The number of benzene rings is 1. The lowest BCUT2D eigenvalue weighted by Crippen LogP contribution is -2.32. The minimum absolute atomic E-state index is 0.0105. The van der Waals surface area contributed by atoms with Crippen LogP contribution >= 0.6 is 0 Å². The van der Waals surface area contributed by atoms with Gasteiger partial charge < -0.3 is 10.2 Å². The maximum Gasteiger partial charge on any atom is 0.253 e. The zero-order valence-corrected chi connectivity index (χ0v) is 21.3. The molecular weight excluding hydrogens is 426 g/mol. The second kappa shape index (κ2) is 8.85. The average molecular weight is 462 g/mol. The Morgan fingerprint density at radius 1 is 1.18 bits per heavy atom. The van der Waals surface area contributed by atoms with Crippen LogP contribution in [0.3, 0.4) is 0 Å². The van der Waals surface area contributed by atoms with Gasteiger partial charge in [-0.1, -0.05) is 12.1 Å². The van der Waals surface area contributed by atoms with Crippen LogP contribution in [0.4, 0.5) is 0 Å². The monoisotopic (exact) mass is 461 g/mol. The van der Waals surface area contributed by atoms with E-state index in [2.05, 4.69) is 26.1 Å². The smallest absolute Gasteiger partial charge is 0.253 e. The number of carbonyl (C=O) groups is 2. The number of hydrogen-bond donors (Lipinski definition) is 1. The maximum atomic E-state index is 13.3. The second-order valence-corrected chi connectivity index (χ2v) is 10.6. The van der Waals surface area contributed by atoms with E-state index in [4.69, 9.17) is 10.1 Å². The van der Waals surface area contributed by atoms with E-state index in [1.54, 1.807) is 11.9 Å². The molecule has 0 aliphatic heterocycles. The molecule has 1 aliphatic carbocycles. The largest absolute Gasteiger partial charge is 0.348 e.